The predicted octanol–water partition coefficient (Wildman–Crippen LogP) is 6.20. The zero-order valence-corrected chi connectivity index (χ0v) is 17.6. The molecule has 0 fully saturated rings. The van der Waals surface area contributed by atoms with Gasteiger partial charge in [0.25, 0.3) is 0 Å². The summed E-state index contributed by atoms with van der Waals surface area (Å²) in [5.41, 5.74) is 8.54. The second-order valence-corrected chi connectivity index (χ2v) is 8.36. The second-order valence-electron chi connectivity index (χ2n) is 8.36. The summed E-state index contributed by atoms with van der Waals surface area (Å²) in [6, 6.07) is 17.0. The van der Waals surface area contributed by atoms with Crippen molar-refractivity contribution in [3.05, 3.63) is 72.8 Å². The molecule has 5 aromatic rings. The van der Waals surface area contributed by atoms with E-state index in [1.807, 2.05) is 6.21 Å². The van der Waals surface area contributed by atoms with Gasteiger partial charge in [0.05, 0.1) is 11.0 Å². The molecule has 1 aliphatic carbocycles. The number of para-hydroxylation sites is 2. The molecule has 0 N–H and O–H groups in total. The monoisotopic (exact) mass is 415 g/mol. The highest BCUT2D eigenvalue weighted by atomic mass is 15.1. The number of hydrogen-bond acceptors (Lipinski definition) is 3. The number of allylic oxidation sites excluding steroid dienone is 5. The van der Waals surface area contributed by atoms with Gasteiger partial charge in [-0.05, 0) is 37.1 Å². The summed E-state index contributed by atoms with van der Waals surface area (Å²) in [6.45, 7) is 0.802. The molecule has 0 saturated heterocycles. The van der Waals surface area contributed by atoms with Gasteiger partial charge in [0.2, 0.25) is 0 Å². The number of hydrogen-bond donors (Lipinski definition) is 0. The molecule has 32 heavy (non-hydrogen) atoms. The Labute approximate surface area is 184 Å². The quantitative estimate of drug-likeness (QED) is 0.345. The van der Waals surface area contributed by atoms with Crippen molar-refractivity contribution < 1.29 is 0 Å². The van der Waals surface area contributed by atoms with E-state index in [9.17, 15) is 0 Å². The van der Waals surface area contributed by atoms with Crippen molar-refractivity contribution in [1.82, 2.24) is 19.1 Å². The first-order valence-corrected chi connectivity index (χ1v) is 11.2. The van der Waals surface area contributed by atoms with E-state index in [0.717, 1.165) is 69.9 Å². The Kier molecular flexibility index (Phi) is 3.73. The van der Waals surface area contributed by atoms with E-state index >= 15 is 0 Å². The minimum Gasteiger partial charge on any atom is -0.296 e. The number of aromatic nitrogens is 4. The van der Waals surface area contributed by atoms with Crippen molar-refractivity contribution >= 4 is 61.7 Å². The largest absolute Gasteiger partial charge is 0.296 e. The van der Waals surface area contributed by atoms with Crippen LogP contribution in [0.15, 0.2) is 77.8 Å². The first-order valence-electron chi connectivity index (χ1n) is 11.2. The fraction of sp³-hybridized carbons (Fsp3) is 0.148. The summed E-state index contributed by atoms with van der Waals surface area (Å²) in [5, 5.41) is 2.28. The number of benzene rings is 2. The lowest BCUT2D eigenvalue weighted by molar-refractivity contribution is 0.954. The molecule has 2 aliphatic rings. The molecular formula is C27H21N5. The van der Waals surface area contributed by atoms with Crippen molar-refractivity contribution in [3.8, 4) is 0 Å². The third-order valence-electron chi connectivity index (χ3n) is 6.52. The second kappa shape index (κ2) is 6.76. The molecule has 3 aromatic heterocycles. The van der Waals surface area contributed by atoms with E-state index in [1.54, 1.807) is 0 Å². The zero-order chi connectivity index (χ0) is 21.1. The summed E-state index contributed by atoms with van der Waals surface area (Å²) in [7, 11) is 0. The predicted molar refractivity (Wildman–Crippen MR) is 133 cm³/mol. The Morgan fingerprint density at radius 3 is 1.88 bits per heavy atom. The molecule has 0 unspecified atom stereocenters. The van der Waals surface area contributed by atoms with Crippen LogP contribution in [0.25, 0.3) is 55.5 Å². The third-order valence-corrected chi connectivity index (χ3v) is 6.52. The fourth-order valence-electron chi connectivity index (χ4n) is 5.08. The molecule has 154 valence electrons. The van der Waals surface area contributed by atoms with Gasteiger partial charge in [-0.2, -0.15) is 0 Å². The van der Waals surface area contributed by atoms with Crippen LogP contribution in [0.5, 0.6) is 0 Å². The normalized spacial score (nSPS) is 16.4. The molecule has 2 aromatic carbocycles. The highest BCUT2D eigenvalue weighted by Gasteiger charge is 2.22. The third kappa shape index (κ3) is 2.42. The van der Waals surface area contributed by atoms with Gasteiger partial charge in [0.1, 0.15) is 11.0 Å². The minimum absolute atomic E-state index is 0.802. The Balaban J connectivity index is 1.66. The van der Waals surface area contributed by atoms with Crippen LogP contribution in [-0.4, -0.2) is 31.9 Å². The van der Waals surface area contributed by atoms with Crippen LogP contribution in [0.1, 0.15) is 19.3 Å². The summed E-state index contributed by atoms with van der Waals surface area (Å²) in [6.07, 6.45) is 13.5. The lowest BCUT2D eigenvalue weighted by atomic mass is 10.1. The smallest absolute Gasteiger partial charge is 0.165 e. The average molecular weight is 416 g/mol. The van der Waals surface area contributed by atoms with Crippen molar-refractivity contribution in [2.45, 2.75) is 19.3 Å². The van der Waals surface area contributed by atoms with E-state index in [1.165, 1.54) is 11.4 Å². The summed E-state index contributed by atoms with van der Waals surface area (Å²) in [5.74, 6) is 0. The van der Waals surface area contributed by atoms with E-state index in [2.05, 4.69) is 87.0 Å². The Morgan fingerprint density at radius 1 is 0.688 bits per heavy atom. The Morgan fingerprint density at radius 2 is 1.31 bits per heavy atom. The maximum atomic E-state index is 5.29. The molecule has 1 aliphatic heterocycles. The molecule has 5 heteroatoms. The topological polar surface area (TPSA) is 48.0 Å². The van der Waals surface area contributed by atoms with Crippen LogP contribution >= 0.6 is 0 Å². The van der Waals surface area contributed by atoms with Gasteiger partial charge in [-0.3, -0.25) is 14.1 Å². The van der Waals surface area contributed by atoms with Crippen molar-refractivity contribution in [1.29, 1.82) is 0 Å². The van der Waals surface area contributed by atoms with Gasteiger partial charge in [-0.25, -0.2) is 9.97 Å². The molecule has 0 spiro atoms. The standard InChI is InChI=1S/C27H21N5/c1-2-8-18(9-3-1)31-22-12-6-4-10-20(22)24-26(31)29-25-21-11-5-7-13-23(21)32(27(25)30-24)19-14-16-28-17-15-19/h1-2,4-8,10-14,16H,3,9,15,17H2. The maximum absolute atomic E-state index is 5.29. The molecule has 5 nitrogen and oxygen atoms in total. The van der Waals surface area contributed by atoms with Crippen molar-refractivity contribution in [2.75, 3.05) is 6.54 Å². The summed E-state index contributed by atoms with van der Waals surface area (Å²) < 4.78 is 4.58. The fourth-order valence-corrected chi connectivity index (χ4v) is 5.08. The molecule has 0 amide bonds. The van der Waals surface area contributed by atoms with Crippen LogP contribution in [0.4, 0.5) is 0 Å². The molecule has 7 rings (SSSR count). The lowest BCUT2D eigenvalue weighted by Gasteiger charge is -2.13. The average Bonchev–Trinajstić information content (AvgIpc) is 3.36. The molecule has 4 heterocycles. The first kappa shape index (κ1) is 17.7. The van der Waals surface area contributed by atoms with E-state index in [4.69, 9.17) is 9.97 Å². The Bertz CT molecular complexity index is 1550. The van der Waals surface area contributed by atoms with Gasteiger partial charge in [-0.15, -0.1) is 0 Å². The minimum atomic E-state index is 0.802. The van der Waals surface area contributed by atoms with E-state index in [0.29, 0.717) is 0 Å². The molecule has 0 atom stereocenters. The van der Waals surface area contributed by atoms with Gasteiger partial charge in [-0.1, -0.05) is 48.6 Å². The number of dihydropyridines is 1. The Hall–Kier alpha value is -3.99. The number of nitrogens with zero attached hydrogens (tertiary/aromatic N) is 5. The highest BCUT2D eigenvalue weighted by molar-refractivity contribution is 6.13. The van der Waals surface area contributed by atoms with Gasteiger partial charge in [0, 0.05) is 41.3 Å². The molecule has 0 saturated carbocycles. The SMILES string of the molecule is C1=CCCC(n2c3ccccc3c3nc4c(nc32)c2ccccc2n4C2=CC=NCC2)=C1. The van der Waals surface area contributed by atoms with Crippen LogP contribution in [0.3, 0.4) is 0 Å². The summed E-state index contributed by atoms with van der Waals surface area (Å²) >= 11 is 0. The molecule has 0 radical (unpaired) electrons. The van der Waals surface area contributed by atoms with Crippen LogP contribution < -0.4 is 0 Å². The number of fused-ring (bicyclic) bond motifs is 6. The lowest BCUT2D eigenvalue weighted by Crippen LogP contribution is -2.04. The zero-order valence-electron chi connectivity index (χ0n) is 17.6. The van der Waals surface area contributed by atoms with E-state index < -0.39 is 0 Å². The summed E-state index contributed by atoms with van der Waals surface area (Å²) in [4.78, 5) is 14.9. The van der Waals surface area contributed by atoms with Crippen LogP contribution in [-0.2, 0) is 0 Å². The van der Waals surface area contributed by atoms with Gasteiger partial charge in [0.15, 0.2) is 11.3 Å². The van der Waals surface area contributed by atoms with E-state index in [-0.39, 0.29) is 0 Å². The van der Waals surface area contributed by atoms with Crippen molar-refractivity contribution in [2.24, 2.45) is 4.99 Å². The number of rotatable bonds is 2. The molecule has 0 bridgehead atoms. The van der Waals surface area contributed by atoms with Crippen LogP contribution in [0, 0.1) is 0 Å². The van der Waals surface area contributed by atoms with Crippen LogP contribution in [0.2, 0.25) is 0 Å². The first-order chi connectivity index (χ1) is 15.9. The van der Waals surface area contributed by atoms with Crippen molar-refractivity contribution in [3.63, 3.8) is 0 Å². The highest BCUT2D eigenvalue weighted by Crippen LogP contribution is 2.36. The van der Waals surface area contributed by atoms with Gasteiger partial charge >= 0.3 is 0 Å². The number of aliphatic imine (C=N–C) groups is 1. The maximum Gasteiger partial charge on any atom is 0.165 e. The molecular weight excluding hydrogens is 394 g/mol. The van der Waals surface area contributed by atoms with Gasteiger partial charge < -0.3 is 0 Å².